The van der Waals surface area contributed by atoms with Crippen molar-refractivity contribution in [2.75, 3.05) is 11.9 Å². The molecule has 0 unspecified atom stereocenters. The first-order valence-electron chi connectivity index (χ1n) is 9.56. The van der Waals surface area contributed by atoms with Crippen LogP contribution in [-0.2, 0) is 6.42 Å². The second-order valence-electron chi connectivity index (χ2n) is 7.08. The molecule has 0 saturated heterocycles. The maximum Gasteiger partial charge on any atom is 0.270 e. The van der Waals surface area contributed by atoms with Gasteiger partial charge >= 0.3 is 0 Å². The zero-order valence-electron chi connectivity index (χ0n) is 16.6. The van der Waals surface area contributed by atoms with Crippen LogP contribution in [0.2, 0.25) is 0 Å². The molecule has 1 aromatic heterocycles. The molecule has 0 fully saturated rings. The normalized spacial score (nSPS) is 10.7. The Kier molecular flexibility index (Phi) is 6.37. The van der Waals surface area contributed by atoms with E-state index in [9.17, 15) is 4.79 Å². The summed E-state index contributed by atoms with van der Waals surface area (Å²) < 4.78 is 0. The van der Waals surface area contributed by atoms with Crippen LogP contribution in [0.25, 0.3) is 0 Å². The molecule has 144 valence electrons. The van der Waals surface area contributed by atoms with Crippen LogP contribution in [0.3, 0.4) is 0 Å². The number of hydrogen-bond donors (Lipinski definition) is 2. The third-order valence-electron chi connectivity index (χ3n) is 4.46. The highest BCUT2D eigenvalue weighted by atomic mass is 16.1. The van der Waals surface area contributed by atoms with Crippen molar-refractivity contribution in [2.24, 2.45) is 0 Å². The van der Waals surface area contributed by atoms with Gasteiger partial charge in [0.2, 0.25) is 0 Å². The van der Waals surface area contributed by atoms with Crippen LogP contribution < -0.4 is 10.6 Å². The monoisotopic (exact) mass is 374 g/mol. The Hall–Kier alpha value is -3.21. The van der Waals surface area contributed by atoms with Gasteiger partial charge in [0.05, 0.1) is 0 Å². The van der Waals surface area contributed by atoms with Gasteiger partial charge in [-0.2, -0.15) is 0 Å². The summed E-state index contributed by atoms with van der Waals surface area (Å²) in [6, 6.07) is 20.0. The van der Waals surface area contributed by atoms with E-state index in [0.29, 0.717) is 29.8 Å². The third-order valence-corrected chi connectivity index (χ3v) is 4.46. The fourth-order valence-electron chi connectivity index (χ4n) is 2.90. The molecule has 0 atom stereocenters. The van der Waals surface area contributed by atoms with Gasteiger partial charge in [0.25, 0.3) is 5.91 Å². The van der Waals surface area contributed by atoms with E-state index in [1.165, 1.54) is 11.1 Å². The zero-order chi connectivity index (χ0) is 19.9. The predicted octanol–water partition coefficient (Wildman–Crippen LogP) is 4.62. The molecule has 3 rings (SSSR count). The molecule has 0 aliphatic rings. The minimum atomic E-state index is -0.195. The van der Waals surface area contributed by atoms with Crippen LogP contribution in [0.1, 0.15) is 47.2 Å². The molecule has 5 heteroatoms. The summed E-state index contributed by atoms with van der Waals surface area (Å²) in [4.78, 5) is 21.2. The topological polar surface area (TPSA) is 66.9 Å². The molecule has 0 aliphatic carbocycles. The Morgan fingerprint density at radius 3 is 2.39 bits per heavy atom. The average molecular weight is 374 g/mol. The Bertz CT molecular complexity index is 921. The highest BCUT2D eigenvalue weighted by Gasteiger charge is 2.10. The Labute approximate surface area is 166 Å². The highest BCUT2D eigenvalue weighted by molar-refractivity contribution is 5.93. The number of benzene rings is 2. The minimum Gasteiger partial charge on any atom is -0.350 e. The van der Waals surface area contributed by atoms with E-state index in [-0.39, 0.29) is 5.91 Å². The molecule has 3 aromatic rings. The Morgan fingerprint density at radius 2 is 1.71 bits per heavy atom. The molecule has 0 saturated carbocycles. The van der Waals surface area contributed by atoms with Crippen LogP contribution >= 0.6 is 0 Å². The first kappa shape index (κ1) is 19.5. The molecule has 1 heterocycles. The summed E-state index contributed by atoms with van der Waals surface area (Å²) in [5.74, 6) is 1.45. The van der Waals surface area contributed by atoms with Gasteiger partial charge in [-0.3, -0.25) is 4.79 Å². The molecule has 0 aliphatic heterocycles. The lowest BCUT2D eigenvalue weighted by atomic mass is 10.0. The van der Waals surface area contributed by atoms with Gasteiger partial charge in [0, 0.05) is 18.3 Å². The van der Waals surface area contributed by atoms with Crippen molar-refractivity contribution < 1.29 is 4.79 Å². The number of carbonyl (C=O) groups excluding carboxylic acids is 1. The minimum absolute atomic E-state index is 0.195. The fraction of sp³-hybridized carbons (Fsp3) is 0.261. The smallest absolute Gasteiger partial charge is 0.270 e. The van der Waals surface area contributed by atoms with Crippen molar-refractivity contribution in [3.05, 3.63) is 83.3 Å². The van der Waals surface area contributed by atoms with E-state index >= 15 is 0 Å². The number of carbonyl (C=O) groups is 1. The highest BCUT2D eigenvalue weighted by Crippen LogP contribution is 2.20. The molecule has 0 radical (unpaired) electrons. The van der Waals surface area contributed by atoms with Gasteiger partial charge in [-0.1, -0.05) is 56.3 Å². The standard InChI is InChI=1S/C23H26N4O/c1-16(2)19-9-11-20(12-10-19)27-22-15-21(25-17(3)26-22)23(28)24-14-13-18-7-5-4-6-8-18/h4-12,15-16H,13-14H2,1-3H3,(H,24,28)(H,25,26,27). The van der Waals surface area contributed by atoms with Gasteiger partial charge in [-0.05, 0) is 42.5 Å². The molecule has 28 heavy (non-hydrogen) atoms. The molecular weight excluding hydrogens is 348 g/mol. The Morgan fingerprint density at radius 1 is 1.00 bits per heavy atom. The van der Waals surface area contributed by atoms with Crippen molar-refractivity contribution >= 4 is 17.4 Å². The summed E-state index contributed by atoms with van der Waals surface area (Å²) in [6.07, 6.45) is 0.782. The lowest BCUT2D eigenvalue weighted by Crippen LogP contribution is -2.27. The van der Waals surface area contributed by atoms with Crippen molar-refractivity contribution in [2.45, 2.75) is 33.1 Å². The molecule has 2 N–H and O–H groups in total. The van der Waals surface area contributed by atoms with E-state index in [0.717, 1.165) is 12.1 Å². The van der Waals surface area contributed by atoms with E-state index in [4.69, 9.17) is 0 Å². The number of rotatable bonds is 7. The number of anilines is 2. The van der Waals surface area contributed by atoms with Crippen LogP contribution in [0, 0.1) is 6.92 Å². The molecule has 1 amide bonds. The van der Waals surface area contributed by atoms with Crippen LogP contribution in [-0.4, -0.2) is 22.4 Å². The summed E-state index contributed by atoms with van der Waals surface area (Å²) in [5, 5.41) is 6.19. The van der Waals surface area contributed by atoms with Crippen LogP contribution in [0.4, 0.5) is 11.5 Å². The SMILES string of the molecule is Cc1nc(Nc2ccc(C(C)C)cc2)cc(C(=O)NCCc2ccccc2)n1. The summed E-state index contributed by atoms with van der Waals surface area (Å²) in [6.45, 7) is 6.68. The first-order valence-corrected chi connectivity index (χ1v) is 9.56. The van der Waals surface area contributed by atoms with Crippen molar-refractivity contribution in [1.82, 2.24) is 15.3 Å². The van der Waals surface area contributed by atoms with E-state index in [1.807, 2.05) is 42.5 Å². The second kappa shape index (κ2) is 9.13. The number of amides is 1. The van der Waals surface area contributed by atoms with Crippen molar-refractivity contribution in [3.8, 4) is 0 Å². The van der Waals surface area contributed by atoms with E-state index in [1.54, 1.807) is 13.0 Å². The van der Waals surface area contributed by atoms with Crippen molar-refractivity contribution in [1.29, 1.82) is 0 Å². The van der Waals surface area contributed by atoms with E-state index in [2.05, 4.69) is 46.6 Å². The molecule has 2 aromatic carbocycles. The van der Waals surface area contributed by atoms with Crippen molar-refractivity contribution in [3.63, 3.8) is 0 Å². The van der Waals surface area contributed by atoms with Crippen LogP contribution in [0.15, 0.2) is 60.7 Å². The molecule has 0 bridgehead atoms. The number of aromatic nitrogens is 2. The third kappa shape index (κ3) is 5.39. The average Bonchev–Trinajstić information content (AvgIpc) is 2.68. The number of hydrogen-bond acceptors (Lipinski definition) is 4. The van der Waals surface area contributed by atoms with Gasteiger partial charge in [-0.15, -0.1) is 0 Å². The fourth-order valence-corrected chi connectivity index (χ4v) is 2.90. The van der Waals surface area contributed by atoms with Gasteiger partial charge in [0.15, 0.2) is 0 Å². The summed E-state index contributed by atoms with van der Waals surface area (Å²) in [7, 11) is 0. The molecule has 5 nitrogen and oxygen atoms in total. The second-order valence-corrected chi connectivity index (χ2v) is 7.08. The zero-order valence-corrected chi connectivity index (χ0v) is 16.6. The molecular formula is C23H26N4O. The lowest BCUT2D eigenvalue weighted by Gasteiger charge is -2.11. The van der Waals surface area contributed by atoms with Gasteiger partial charge < -0.3 is 10.6 Å². The Balaban J connectivity index is 1.64. The number of aryl methyl sites for hydroxylation is 1. The van der Waals surface area contributed by atoms with E-state index < -0.39 is 0 Å². The number of nitrogens with one attached hydrogen (secondary N) is 2. The maximum absolute atomic E-state index is 12.5. The lowest BCUT2D eigenvalue weighted by molar-refractivity contribution is 0.0949. The first-order chi connectivity index (χ1) is 13.5. The largest absolute Gasteiger partial charge is 0.350 e. The number of nitrogens with zero attached hydrogens (tertiary/aromatic N) is 2. The molecule has 0 spiro atoms. The summed E-state index contributed by atoms with van der Waals surface area (Å²) >= 11 is 0. The van der Waals surface area contributed by atoms with Gasteiger partial charge in [-0.25, -0.2) is 9.97 Å². The van der Waals surface area contributed by atoms with Gasteiger partial charge in [0.1, 0.15) is 17.3 Å². The predicted molar refractivity (Wildman–Crippen MR) is 113 cm³/mol. The summed E-state index contributed by atoms with van der Waals surface area (Å²) in [5.41, 5.74) is 3.76. The van der Waals surface area contributed by atoms with Crippen LogP contribution in [0.5, 0.6) is 0 Å². The quantitative estimate of drug-likeness (QED) is 0.633. The maximum atomic E-state index is 12.5.